The molecular formula is C15H14N4O. The second-order valence-electron chi connectivity index (χ2n) is 5.08. The van der Waals surface area contributed by atoms with E-state index in [4.69, 9.17) is 5.26 Å². The Labute approximate surface area is 116 Å². The van der Waals surface area contributed by atoms with Gasteiger partial charge in [0.15, 0.2) is 5.82 Å². The summed E-state index contributed by atoms with van der Waals surface area (Å²) >= 11 is 0. The Morgan fingerprint density at radius 2 is 2.10 bits per heavy atom. The molecule has 3 rings (SSSR count). The first-order valence-corrected chi connectivity index (χ1v) is 6.46. The van der Waals surface area contributed by atoms with Gasteiger partial charge in [-0.05, 0) is 18.4 Å². The molecule has 1 fully saturated rings. The molecule has 0 aliphatic heterocycles. The molecule has 1 aromatic carbocycles. The van der Waals surface area contributed by atoms with Gasteiger partial charge in [-0.25, -0.2) is 0 Å². The molecule has 0 radical (unpaired) electrons. The Hall–Kier alpha value is -2.61. The number of rotatable bonds is 3. The van der Waals surface area contributed by atoms with Gasteiger partial charge in [-0.3, -0.25) is 9.48 Å². The molecule has 5 nitrogen and oxygen atoms in total. The average molecular weight is 266 g/mol. The van der Waals surface area contributed by atoms with Crippen molar-refractivity contribution < 1.29 is 4.79 Å². The van der Waals surface area contributed by atoms with Crippen molar-refractivity contribution in [1.82, 2.24) is 9.78 Å². The molecule has 20 heavy (non-hydrogen) atoms. The number of benzene rings is 1. The lowest BCUT2D eigenvalue weighted by Crippen LogP contribution is -2.28. The molecule has 1 heterocycles. The van der Waals surface area contributed by atoms with Crippen LogP contribution >= 0.6 is 0 Å². The number of aryl methyl sites for hydroxylation is 1. The quantitative estimate of drug-likeness (QED) is 0.923. The van der Waals surface area contributed by atoms with E-state index in [-0.39, 0.29) is 5.91 Å². The van der Waals surface area contributed by atoms with Crippen molar-refractivity contribution >= 4 is 11.7 Å². The summed E-state index contributed by atoms with van der Waals surface area (Å²) in [4.78, 5) is 12.5. The van der Waals surface area contributed by atoms with E-state index >= 15 is 0 Å². The third-order valence-corrected chi connectivity index (χ3v) is 3.69. The minimum absolute atomic E-state index is 0.0844. The topological polar surface area (TPSA) is 70.7 Å². The molecule has 1 N–H and O–H groups in total. The number of carbonyl (C=O) groups excluding carboxylic acids is 1. The molecule has 1 aliphatic rings. The Morgan fingerprint density at radius 1 is 1.40 bits per heavy atom. The van der Waals surface area contributed by atoms with Crippen LogP contribution in [0.15, 0.2) is 36.5 Å². The van der Waals surface area contributed by atoms with Gasteiger partial charge in [0.2, 0.25) is 5.91 Å². The van der Waals surface area contributed by atoms with Crippen LogP contribution in [0.1, 0.15) is 24.0 Å². The number of hydrogen-bond donors (Lipinski definition) is 1. The van der Waals surface area contributed by atoms with E-state index in [1.54, 1.807) is 13.2 Å². The fourth-order valence-corrected chi connectivity index (χ4v) is 2.42. The zero-order valence-corrected chi connectivity index (χ0v) is 11.1. The van der Waals surface area contributed by atoms with Gasteiger partial charge in [0.1, 0.15) is 11.6 Å². The molecule has 1 aromatic heterocycles. The molecular weight excluding hydrogens is 252 g/mol. The SMILES string of the molecule is Cn1cc(C#N)c(NC(=O)C2(c3ccccc3)CC2)n1. The van der Waals surface area contributed by atoms with Gasteiger partial charge in [-0.1, -0.05) is 30.3 Å². The Morgan fingerprint density at radius 3 is 2.70 bits per heavy atom. The zero-order chi connectivity index (χ0) is 14.2. The van der Waals surface area contributed by atoms with Gasteiger partial charge in [0.25, 0.3) is 0 Å². The van der Waals surface area contributed by atoms with Crippen LogP contribution in [0.4, 0.5) is 5.82 Å². The number of anilines is 1. The van der Waals surface area contributed by atoms with Crippen molar-refractivity contribution in [2.45, 2.75) is 18.3 Å². The summed E-state index contributed by atoms with van der Waals surface area (Å²) < 4.78 is 1.52. The summed E-state index contributed by atoms with van der Waals surface area (Å²) in [6.07, 6.45) is 3.26. The van der Waals surface area contributed by atoms with E-state index in [0.29, 0.717) is 11.4 Å². The molecule has 100 valence electrons. The van der Waals surface area contributed by atoms with E-state index < -0.39 is 5.41 Å². The van der Waals surface area contributed by atoms with Gasteiger partial charge < -0.3 is 5.32 Å². The van der Waals surface area contributed by atoms with Crippen molar-refractivity contribution in [2.75, 3.05) is 5.32 Å². The van der Waals surface area contributed by atoms with Crippen molar-refractivity contribution in [3.63, 3.8) is 0 Å². The van der Waals surface area contributed by atoms with Crippen LogP contribution in [0.25, 0.3) is 0 Å². The van der Waals surface area contributed by atoms with Gasteiger partial charge in [-0.15, -0.1) is 0 Å². The smallest absolute Gasteiger partial charge is 0.236 e. The Balaban J connectivity index is 1.86. The molecule has 5 heteroatoms. The molecule has 0 saturated heterocycles. The molecule has 1 saturated carbocycles. The van der Waals surface area contributed by atoms with Crippen LogP contribution in [0.3, 0.4) is 0 Å². The molecule has 0 unspecified atom stereocenters. The lowest BCUT2D eigenvalue weighted by molar-refractivity contribution is -0.118. The number of aromatic nitrogens is 2. The molecule has 0 atom stereocenters. The van der Waals surface area contributed by atoms with Crippen molar-refractivity contribution in [1.29, 1.82) is 5.26 Å². The summed E-state index contributed by atoms with van der Waals surface area (Å²) in [5, 5.41) is 15.9. The minimum atomic E-state index is -0.453. The van der Waals surface area contributed by atoms with Crippen molar-refractivity contribution in [3.05, 3.63) is 47.7 Å². The second kappa shape index (κ2) is 4.49. The van der Waals surface area contributed by atoms with Crippen LogP contribution in [-0.4, -0.2) is 15.7 Å². The molecule has 2 aromatic rings. The maximum Gasteiger partial charge on any atom is 0.236 e. The lowest BCUT2D eigenvalue weighted by atomic mass is 9.95. The zero-order valence-electron chi connectivity index (χ0n) is 11.1. The first-order chi connectivity index (χ1) is 9.65. The first-order valence-electron chi connectivity index (χ1n) is 6.46. The predicted octanol–water partition coefficient (Wildman–Crippen LogP) is 1.96. The van der Waals surface area contributed by atoms with Gasteiger partial charge in [-0.2, -0.15) is 10.4 Å². The van der Waals surface area contributed by atoms with E-state index in [9.17, 15) is 4.79 Å². The normalized spacial score (nSPS) is 15.4. The first kappa shape index (κ1) is 12.4. The van der Waals surface area contributed by atoms with E-state index in [2.05, 4.69) is 10.4 Å². The van der Waals surface area contributed by atoms with E-state index in [0.717, 1.165) is 18.4 Å². The van der Waals surface area contributed by atoms with Gasteiger partial charge in [0, 0.05) is 13.2 Å². The molecule has 0 spiro atoms. The third-order valence-electron chi connectivity index (χ3n) is 3.69. The summed E-state index contributed by atoms with van der Waals surface area (Å²) in [5.74, 6) is 0.251. The minimum Gasteiger partial charge on any atom is -0.307 e. The average Bonchev–Trinajstić information content (AvgIpc) is 3.20. The second-order valence-corrected chi connectivity index (χ2v) is 5.08. The van der Waals surface area contributed by atoms with Crippen LogP contribution in [0.2, 0.25) is 0 Å². The summed E-state index contributed by atoms with van der Waals surface area (Å²) in [7, 11) is 1.72. The summed E-state index contributed by atoms with van der Waals surface area (Å²) in [6.45, 7) is 0. The fourth-order valence-electron chi connectivity index (χ4n) is 2.42. The highest BCUT2D eigenvalue weighted by molar-refractivity contribution is 6.01. The van der Waals surface area contributed by atoms with Crippen LogP contribution in [-0.2, 0) is 17.3 Å². The number of nitrogens with one attached hydrogen (secondary N) is 1. The van der Waals surface area contributed by atoms with Crippen LogP contribution in [0, 0.1) is 11.3 Å². The Bertz CT molecular complexity index is 692. The Kier molecular flexibility index (Phi) is 2.79. The molecule has 1 amide bonds. The number of nitriles is 1. The highest BCUT2D eigenvalue weighted by atomic mass is 16.2. The standard InChI is InChI=1S/C15H14N4O/c1-19-10-11(9-16)13(18-19)17-14(20)15(7-8-15)12-5-3-2-4-6-12/h2-6,10H,7-8H2,1H3,(H,17,18,20). The van der Waals surface area contributed by atoms with Crippen LogP contribution < -0.4 is 5.32 Å². The van der Waals surface area contributed by atoms with Gasteiger partial charge >= 0.3 is 0 Å². The van der Waals surface area contributed by atoms with Crippen molar-refractivity contribution in [2.24, 2.45) is 7.05 Å². The molecule has 0 bridgehead atoms. The number of nitrogens with zero attached hydrogens (tertiary/aromatic N) is 3. The monoisotopic (exact) mass is 266 g/mol. The maximum absolute atomic E-state index is 12.5. The lowest BCUT2D eigenvalue weighted by Gasteiger charge is -2.14. The largest absolute Gasteiger partial charge is 0.307 e. The van der Waals surface area contributed by atoms with Crippen LogP contribution in [0.5, 0.6) is 0 Å². The van der Waals surface area contributed by atoms with Crippen molar-refractivity contribution in [3.8, 4) is 6.07 Å². The number of amides is 1. The highest BCUT2D eigenvalue weighted by Crippen LogP contribution is 2.48. The third kappa shape index (κ3) is 1.95. The highest BCUT2D eigenvalue weighted by Gasteiger charge is 2.51. The summed E-state index contributed by atoms with van der Waals surface area (Å²) in [5.41, 5.74) is 0.947. The van der Waals surface area contributed by atoms with Gasteiger partial charge in [0.05, 0.1) is 5.41 Å². The molecule has 1 aliphatic carbocycles. The number of hydrogen-bond acceptors (Lipinski definition) is 3. The van der Waals surface area contributed by atoms with E-state index in [1.165, 1.54) is 4.68 Å². The van der Waals surface area contributed by atoms with E-state index in [1.807, 2.05) is 36.4 Å². The summed E-state index contributed by atoms with van der Waals surface area (Å²) in [6, 6.07) is 11.8. The predicted molar refractivity (Wildman–Crippen MR) is 73.9 cm³/mol. The fraction of sp³-hybridized carbons (Fsp3) is 0.267. The maximum atomic E-state index is 12.5. The number of carbonyl (C=O) groups is 1.